The molecule has 1 rings (SSSR count). The third-order valence-corrected chi connectivity index (χ3v) is 2.56. The molecule has 0 aliphatic rings. The van der Waals surface area contributed by atoms with E-state index in [0.717, 1.165) is 5.56 Å². The van der Waals surface area contributed by atoms with Crippen molar-refractivity contribution in [3.63, 3.8) is 0 Å². The number of ether oxygens (including phenoxy) is 1. The molecule has 88 valence electrons. The van der Waals surface area contributed by atoms with Gasteiger partial charge in [-0.05, 0) is 18.4 Å². The predicted octanol–water partition coefficient (Wildman–Crippen LogP) is 2.96. The Morgan fingerprint density at radius 2 is 1.88 bits per heavy atom. The fraction of sp³-hybridized carbons (Fsp3) is 0.462. The SMILES string of the molecule is CC(C)[C@@H](C)NC(=O)OCc1ccccc1. The van der Waals surface area contributed by atoms with Crippen molar-refractivity contribution in [3.8, 4) is 0 Å². The summed E-state index contributed by atoms with van der Waals surface area (Å²) < 4.78 is 5.10. The van der Waals surface area contributed by atoms with Crippen LogP contribution in [0.4, 0.5) is 4.79 Å². The van der Waals surface area contributed by atoms with Gasteiger partial charge < -0.3 is 10.1 Å². The molecule has 1 amide bonds. The normalized spacial score (nSPS) is 12.2. The Morgan fingerprint density at radius 3 is 2.44 bits per heavy atom. The van der Waals surface area contributed by atoms with Gasteiger partial charge in [0.1, 0.15) is 6.61 Å². The van der Waals surface area contributed by atoms with Gasteiger partial charge in [-0.1, -0.05) is 44.2 Å². The van der Waals surface area contributed by atoms with Crippen molar-refractivity contribution >= 4 is 6.09 Å². The minimum Gasteiger partial charge on any atom is -0.445 e. The van der Waals surface area contributed by atoms with E-state index in [9.17, 15) is 4.79 Å². The summed E-state index contributed by atoms with van der Waals surface area (Å²) >= 11 is 0. The zero-order valence-corrected chi connectivity index (χ0v) is 10.1. The lowest BCUT2D eigenvalue weighted by Gasteiger charge is -2.17. The van der Waals surface area contributed by atoms with Crippen LogP contribution in [0, 0.1) is 5.92 Å². The maximum atomic E-state index is 11.4. The molecule has 0 heterocycles. The summed E-state index contributed by atoms with van der Waals surface area (Å²) in [6, 6.07) is 9.77. The van der Waals surface area contributed by atoms with Crippen LogP contribution in [-0.2, 0) is 11.3 Å². The molecule has 0 saturated heterocycles. The first kappa shape index (κ1) is 12.6. The first-order chi connectivity index (χ1) is 7.59. The van der Waals surface area contributed by atoms with Gasteiger partial charge in [0.2, 0.25) is 0 Å². The van der Waals surface area contributed by atoms with Crippen LogP contribution < -0.4 is 5.32 Å². The van der Waals surface area contributed by atoms with Gasteiger partial charge in [-0.15, -0.1) is 0 Å². The number of carbonyl (C=O) groups is 1. The first-order valence-corrected chi connectivity index (χ1v) is 5.57. The lowest BCUT2D eigenvalue weighted by atomic mass is 10.1. The van der Waals surface area contributed by atoms with Gasteiger partial charge in [0.05, 0.1) is 0 Å². The van der Waals surface area contributed by atoms with Crippen LogP contribution in [0.1, 0.15) is 26.3 Å². The lowest BCUT2D eigenvalue weighted by Crippen LogP contribution is -2.36. The van der Waals surface area contributed by atoms with Crippen molar-refractivity contribution in [3.05, 3.63) is 35.9 Å². The van der Waals surface area contributed by atoms with Gasteiger partial charge >= 0.3 is 6.09 Å². The second kappa shape index (κ2) is 6.16. The molecule has 3 heteroatoms. The van der Waals surface area contributed by atoms with E-state index in [1.54, 1.807) is 0 Å². The zero-order valence-electron chi connectivity index (χ0n) is 10.1. The molecule has 3 nitrogen and oxygen atoms in total. The number of nitrogens with one attached hydrogen (secondary N) is 1. The fourth-order valence-electron chi connectivity index (χ4n) is 1.12. The smallest absolute Gasteiger partial charge is 0.407 e. The molecule has 16 heavy (non-hydrogen) atoms. The largest absolute Gasteiger partial charge is 0.445 e. The molecule has 0 aromatic heterocycles. The lowest BCUT2D eigenvalue weighted by molar-refractivity contribution is 0.134. The van der Waals surface area contributed by atoms with Gasteiger partial charge in [-0.2, -0.15) is 0 Å². The van der Waals surface area contributed by atoms with E-state index in [4.69, 9.17) is 4.74 Å². The summed E-state index contributed by atoms with van der Waals surface area (Å²) in [5.41, 5.74) is 0.995. The Labute approximate surface area is 96.8 Å². The minimum absolute atomic E-state index is 0.128. The van der Waals surface area contributed by atoms with Crippen molar-refractivity contribution < 1.29 is 9.53 Å². The molecule has 0 fully saturated rings. The van der Waals surface area contributed by atoms with E-state index < -0.39 is 0 Å². The Kier molecular flexibility index (Phi) is 4.83. The summed E-state index contributed by atoms with van der Waals surface area (Å²) in [6.45, 7) is 6.40. The van der Waals surface area contributed by atoms with Crippen LogP contribution in [0.15, 0.2) is 30.3 Å². The molecule has 0 aliphatic heterocycles. The van der Waals surface area contributed by atoms with E-state index in [0.29, 0.717) is 12.5 Å². The third kappa shape index (κ3) is 4.34. The number of hydrogen-bond acceptors (Lipinski definition) is 2. The molecule has 0 aliphatic carbocycles. The van der Waals surface area contributed by atoms with E-state index in [1.165, 1.54) is 0 Å². The molecule has 1 N–H and O–H groups in total. The summed E-state index contributed by atoms with van der Waals surface area (Å²) in [4.78, 5) is 11.4. The predicted molar refractivity (Wildman–Crippen MR) is 64.1 cm³/mol. The van der Waals surface area contributed by atoms with Crippen LogP contribution in [0.25, 0.3) is 0 Å². The highest BCUT2D eigenvalue weighted by atomic mass is 16.5. The van der Waals surface area contributed by atoms with E-state index in [2.05, 4.69) is 19.2 Å². The van der Waals surface area contributed by atoms with Crippen LogP contribution in [0.5, 0.6) is 0 Å². The maximum absolute atomic E-state index is 11.4. The standard InChI is InChI=1S/C13H19NO2/c1-10(2)11(3)14-13(15)16-9-12-7-5-4-6-8-12/h4-8,10-11H,9H2,1-3H3,(H,14,15)/t11-/m1/s1. The molecule has 1 aromatic rings. The quantitative estimate of drug-likeness (QED) is 0.848. The summed E-state index contributed by atoms with van der Waals surface area (Å²) in [5.74, 6) is 0.407. The number of amides is 1. The molecule has 1 aromatic carbocycles. The average Bonchev–Trinajstić information content (AvgIpc) is 2.27. The van der Waals surface area contributed by atoms with Gasteiger partial charge in [-0.3, -0.25) is 0 Å². The van der Waals surface area contributed by atoms with Gasteiger partial charge in [0.25, 0.3) is 0 Å². The van der Waals surface area contributed by atoms with Gasteiger partial charge in [-0.25, -0.2) is 4.79 Å². The Balaban J connectivity index is 2.31. The van der Waals surface area contributed by atoms with Crippen LogP contribution in [0.2, 0.25) is 0 Å². The molecular formula is C13H19NO2. The number of hydrogen-bond donors (Lipinski definition) is 1. The highest BCUT2D eigenvalue weighted by molar-refractivity contribution is 5.67. The minimum atomic E-state index is -0.356. The van der Waals surface area contributed by atoms with Crippen molar-refractivity contribution in [2.75, 3.05) is 0 Å². The summed E-state index contributed by atoms with van der Waals surface area (Å²) in [7, 11) is 0. The van der Waals surface area contributed by atoms with Crippen LogP contribution >= 0.6 is 0 Å². The zero-order chi connectivity index (χ0) is 12.0. The number of alkyl carbamates (subject to hydrolysis) is 1. The average molecular weight is 221 g/mol. The number of benzene rings is 1. The van der Waals surface area contributed by atoms with Gasteiger partial charge in [0.15, 0.2) is 0 Å². The Morgan fingerprint density at radius 1 is 1.25 bits per heavy atom. The van der Waals surface area contributed by atoms with Crippen molar-refractivity contribution in [1.29, 1.82) is 0 Å². The fourth-order valence-corrected chi connectivity index (χ4v) is 1.12. The highest BCUT2D eigenvalue weighted by Gasteiger charge is 2.11. The molecule has 1 atom stereocenters. The van der Waals surface area contributed by atoms with Crippen LogP contribution in [0.3, 0.4) is 0 Å². The first-order valence-electron chi connectivity index (χ1n) is 5.57. The molecule has 0 bridgehead atoms. The molecule has 0 radical (unpaired) electrons. The van der Waals surface area contributed by atoms with Crippen molar-refractivity contribution in [2.45, 2.75) is 33.4 Å². The van der Waals surface area contributed by atoms with E-state index in [-0.39, 0.29) is 12.1 Å². The summed E-state index contributed by atoms with van der Waals surface area (Å²) in [5, 5.41) is 2.79. The molecule has 0 spiro atoms. The van der Waals surface area contributed by atoms with Crippen LogP contribution in [-0.4, -0.2) is 12.1 Å². The second-order valence-corrected chi connectivity index (χ2v) is 4.24. The van der Waals surface area contributed by atoms with Crippen molar-refractivity contribution in [1.82, 2.24) is 5.32 Å². The maximum Gasteiger partial charge on any atom is 0.407 e. The Bertz CT molecular complexity index is 322. The third-order valence-electron chi connectivity index (χ3n) is 2.56. The number of rotatable bonds is 4. The monoisotopic (exact) mass is 221 g/mol. The van der Waals surface area contributed by atoms with Crippen molar-refractivity contribution in [2.24, 2.45) is 5.92 Å². The second-order valence-electron chi connectivity index (χ2n) is 4.24. The van der Waals surface area contributed by atoms with E-state index >= 15 is 0 Å². The molecule has 0 saturated carbocycles. The highest BCUT2D eigenvalue weighted by Crippen LogP contribution is 2.03. The van der Waals surface area contributed by atoms with E-state index in [1.807, 2.05) is 37.3 Å². The van der Waals surface area contributed by atoms with Gasteiger partial charge in [0, 0.05) is 6.04 Å². The summed E-state index contributed by atoms with van der Waals surface area (Å²) in [6.07, 6.45) is -0.356. The number of carbonyl (C=O) groups excluding carboxylic acids is 1. The molecule has 0 unspecified atom stereocenters. The topological polar surface area (TPSA) is 38.3 Å². The molecular weight excluding hydrogens is 202 g/mol. The Hall–Kier alpha value is -1.51.